The van der Waals surface area contributed by atoms with E-state index in [0.29, 0.717) is 35.9 Å². The largest absolute Gasteiger partial charge is 0.378 e. The summed E-state index contributed by atoms with van der Waals surface area (Å²) in [5.74, 6) is -0.0697. The van der Waals surface area contributed by atoms with Crippen molar-refractivity contribution in [1.82, 2.24) is 9.29 Å². The number of pyridine rings is 1. The molecule has 2 aromatic rings. The van der Waals surface area contributed by atoms with Gasteiger partial charge in [-0.05, 0) is 50.1 Å². The van der Waals surface area contributed by atoms with Gasteiger partial charge in [-0.25, -0.2) is 8.42 Å². The number of halogens is 1. The molecule has 7 nitrogen and oxygen atoms in total. The summed E-state index contributed by atoms with van der Waals surface area (Å²) in [6.07, 6.45) is 4.08. The number of aromatic nitrogens is 1. The van der Waals surface area contributed by atoms with Gasteiger partial charge >= 0.3 is 0 Å². The molecule has 0 saturated carbocycles. The van der Waals surface area contributed by atoms with Crippen LogP contribution in [-0.2, 0) is 16.4 Å². The second kappa shape index (κ2) is 7.59. The molecule has 154 valence electrons. The molecule has 1 aromatic heterocycles. The molecule has 1 amide bonds. The molecule has 0 bridgehead atoms. The van der Waals surface area contributed by atoms with Crippen LogP contribution in [0.3, 0.4) is 0 Å². The van der Waals surface area contributed by atoms with E-state index in [1.807, 2.05) is 12.1 Å². The topological polar surface area (TPSA) is 82.6 Å². The number of hydrogen-bond acceptors (Lipinski definition) is 5. The first-order valence-corrected chi connectivity index (χ1v) is 11.4. The summed E-state index contributed by atoms with van der Waals surface area (Å²) in [6.45, 7) is 4.79. The third-order valence-corrected chi connectivity index (χ3v) is 7.80. The molecule has 1 aromatic carbocycles. The summed E-state index contributed by atoms with van der Waals surface area (Å²) >= 11 is 6.04. The Morgan fingerprint density at radius 2 is 1.97 bits per heavy atom. The Kier molecular flexibility index (Phi) is 5.27. The highest BCUT2D eigenvalue weighted by Crippen LogP contribution is 2.28. The van der Waals surface area contributed by atoms with Gasteiger partial charge in [0, 0.05) is 30.2 Å². The molecule has 2 aliphatic rings. The molecule has 0 aliphatic carbocycles. The number of nitrogens with one attached hydrogen (secondary N) is 1. The maximum absolute atomic E-state index is 12.9. The highest BCUT2D eigenvalue weighted by molar-refractivity contribution is 7.89. The molecule has 0 spiro atoms. The van der Waals surface area contributed by atoms with E-state index >= 15 is 0 Å². The number of fused-ring (bicyclic) bond motifs is 1. The van der Waals surface area contributed by atoms with E-state index in [1.54, 1.807) is 43.3 Å². The van der Waals surface area contributed by atoms with Crippen LogP contribution in [0.4, 0.5) is 11.4 Å². The Bertz CT molecular complexity index is 1050. The molecule has 4 rings (SSSR count). The van der Waals surface area contributed by atoms with Crippen molar-refractivity contribution in [3.8, 4) is 0 Å². The predicted molar refractivity (Wildman–Crippen MR) is 114 cm³/mol. The minimum atomic E-state index is -3.21. The zero-order valence-corrected chi connectivity index (χ0v) is 17.9. The van der Waals surface area contributed by atoms with E-state index in [0.717, 1.165) is 17.7 Å². The summed E-state index contributed by atoms with van der Waals surface area (Å²) in [6, 6.07) is 7.24. The third kappa shape index (κ3) is 3.84. The molecule has 0 unspecified atom stereocenters. The third-order valence-electron chi connectivity index (χ3n) is 5.36. The number of amides is 1. The monoisotopic (exact) mass is 434 g/mol. The van der Waals surface area contributed by atoms with Crippen LogP contribution in [0.2, 0.25) is 5.02 Å². The van der Waals surface area contributed by atoms with Crippen LogP contribution < -0.4 is 10.2 Å². The molecule has 1 N–H and O–H groups in total. The Labute approximate surface area is 175 Å². The summed E-state index contributed by atoms with van der Waals surface area (Å²) < 4.78 is 25.8. The first-order valence-electron chi connectivity index (χ1n) is 9.56. The lowest BCUT2D eigenvalue weighted by atomic mass is 9.99. The van der Waals surface area contributed by atoms with Crippen LogP contribution in [0.25, 0.3) is 0 Å². The maximum atomic E-state index is 12.9. The number of benzene rings is 1. The molecule has 1 fully saturated rings. The van der Waals surface area contributed by atoms with Crippen molar-refractivity contribution in [1.29, 1.82) is 0 Å². The van der Waals surface area contributed by atoms with Crippen LogP contribution in [0.15, 0.2) is 36.7 Å². The number of hydrogen-bond donors (Lipinski definition) is 1. The van der Waals surface area contributed by atoms with Crippen LogP contribution in [-0.4, -0.2) is 54.5 Å². The molecule has 1 saturated heterocycles. The SMILES string of the molecule is CC(C)S(=O)(=O)N1CC(Nc2cncc(N3CCc4cc(Cl)ccc4C3=O)c2)C1. The van der Waals surface area contributed by atoms with Crippen molar-refractivity contribution in [2.75, 3.05) is 29.9 Å². The van der Waals surface area contributed by atoms with Crippen LogP contribution in [0.1, 0.15) is 29.8 Å². The number of anilines is 2. The van der Waals surface area contributed by atoms with Gasteiger partial charge in [0.15, 0.2) is 0 Å². The minimum Gasteiger partial charge on any atom is -0.378 e. The number of nitrogens with zero attached hydrogens (tertiary/aromatic N) is 3. The highest BCUT2D eigenvalue weighted by Gasteiger charge is 2.37. The summed E-state index contributed by atoms with van der Waals surface area (Å²) in [5, 5.41) is 3.53. The van der Waals surface area contributed by atoms with Crippen molar-refractivity contribution in [2.24, 2.45) is 0 Å². The summed E-state index contributed by atoms with van der Waals surface area (Å²) in [4.78, 5) is 18.9. The fourth-order valence-corrected chi connectivity index (χ4v) is 5.20. The minimum absolute atomic E-state index is 0.0282. The van der Waals surface area contributed by atoms with Crippen molar-refractivity contribution >= 4 is 38.9 Å². The van der Waals surface area contributed by atoms with Crippen LogP contribution in [0, 0.1) is 0 Å². The van der Waals surface area contributed by atoms with Gasteiger partial charge in [0.05, 0.1) is 35.1 Å². The van der Waals surface area contributed by atoms with Gasteiger partial charge in [-0.15, -0.1) is 0 Å². The van der Waals surface area contributed by atoms with E-state index in [1.165, 1.54) is 4.31 Å². The molecule has 2 aliphatic heterocycles. The quantitative estimate of drug-likeness (QED) is 0.782. The predicted octanol–water partition coefficient (Wildman–Crippen LogP) is 2.77. The van der Waals surface area contributed by atoms with Gasteiger partial charge in [-0.1, -0.05) is 11.6 Å². The standard InChI is InChI=1S/C20H23ClN4O3S/c1-13(2)29(27,28)24-11-17(12-24)23-16-8-18(10-22-9-16)25-6-5-14-7-15(21)3-4-19(14)20(25)26/h3-4,7-10,13,17,23H,5-6,11-12H2,1-2H3. The van der Waals surface area contributed by atoms with Crippen molar-refractivity contribution in [3.63, 3.8) is 0 Å². The van der Waals surface area contributed by atoms with Crippen LogP contribution >= 0.6 is 11.6 Å². The van der Waals surface area contributed by atoms with E-state index in [-0.39, 0.29) is 11.9 Å². The van der Waals surface area contributed by atoms with Crippen molar-refractivity contribution in [3.05, 3.63) is 52.8 Å². The van der Waals surface area contributed by atoms with Gasteiger partial charge in [0.1, 0.15) is 0 Å². The van der Waals surface area contributed by atoms with Gasteiger partial charge in [0.25, 0.3) is 5.91 Å². The van der Waals surface area contributed by atoms with Crippen molar-refractivity contribution < 1.29 is 13.2 Å². The van der Waals surface area contributed by atoms with Gasteiger partial charge in [-0.3, -0.25) is 9.78 Å². The molecular weight excluding hydrogens is 412 g/mol. The molecule has 9 heteroatoms. The Morgan fingerprint density at radius 1 is 1.21 bits per heavy atom. The fraction of sp³-hybridized carbons (Fsp3) is 0.400. The second-order valence-corrected chi connectivity index (χ2v) is 10.6. The Balaban J connectivity index is 1.45. The number of carbonyl (C=O) groups is 1. The first kappa shape index (κ1) is 20.1. The lowest BCUT2D eigenvalue weighted by Crippen LogP contribution is -2.58. The smallest absolute Gasteiger partial charge is 0.258 e. The first-order chi connectivity index (χ1) is 13.8. The summed E-state index contributed by atoms with van der Waals surface area (Å²) in [5.41, 5.74) is 3.10. The summed E-state index contributed by atoms with van der Waals surface area (Å²) in [7, 11) is -3.21. The number of carbonyl (C=O) groups excluding carboxylic acids is 1. The Hall–Kier alpha value is -2.16. The average Bonchev–Trinajstić information content (AvgIpc) is 2.64. The number of rotatable bonds is 5. The van der Waals surface area contributed by atoms with E-state index < -0.39 is 15.3 Å². The van der Waals surface area contributed by atoms with Gasteiger partial charge in [-0.2, -0.15) is 4.31 Å². The lowest BCUT2D eigenvalue weighted by molar-refractivity contribution is 0.0980. The number of sulfonamides is 1. The van der Waals surface area contributed by atoms with Gasteiger partial charge in [0.2, 0.25) is 10.0 Å². The molecule has 3 heterocycles. The zero-order chi connectivity index (χ0) is 20.8. The molecule has 0 atom stereocenters. The zero-order valence-electron chi connectivity index (χ0n) is 16.3. The van der Waals surface area contributed by atoms with E-state index in [4.69, 9.17) is 11.6 Å². The highest BCUT2D eigenvalue weighted by atomic mass is 35.5. The Morgan fingerprint density at radius 3 is 2.69 bits per heavy atom. The van der Waals surface area contributed by atoms with E-state index in [2.05, 4.69) is 10.3 Å². The molecule has 29 heavy (non-hydrogen) atoms. The van der Waals surface area contributed by atoms with Crippen LogP contribution in [0.5, 0.6) is 0 Å². The second-order valence-electron chi connectivity index (χ2n) is 7.69. The van der Waals surface area contributed by atoms with E-state index in [9.17, 15) is 13.2 Å². The fourth-order valence-electron chi connectivity index (χ4n) is 3.63. The lowest BCUT2D eigenvalue weighted by Gasteiger charge is -2.40. The molecular formula is C20H23ClN4O3S. The maximum Gasteiger partial charge on any atom is 0.258 e. The normalized spacial score (nSPS) is 17.9. The average molecular weight is 435 g/mol. The molecule has 0 radical (unpaired) electrons. The van der Waals surface area contributed by atoms with Gasteiger partial charge < -0.3 is 10.2 Å². The van der Waals surface area contributed by atoms with Crippen molar-refractivity contribution in [2.45, 2.75) is 31.6 Å².